The van der Waals surface area contributed by atoms with E-state index in [0.717, 1.165) is 29.5 Å². The highest BCUT2D eigenvalue weighted by molar-refractivity contribution is 7.99. The molecule has 1 amide bonds. The van der Waals surface area contributed by atoms with Crippen LogP contribution in [0.15, 0.2) is 9.95 Å². The maximum absolute atomic E-state index is 13.3. The molecule has 0 aromatic carbocycles. The van der Waals surface area contributed by atoms with Gasteiger partial charge in [-0.05, 0) is 36.7 Å². The molecule has 144 valence electrons. The van der Waals surface area contributed by atoms with Crippen molar-refractivity contribution in [2.75, 3.05) is 12.3 Å². The van der Waals surface area contributed by atoms with Crippen molar-refractivity contribution in [1.82, 2.24) is 14.9 Å². The van der Waals surface area contributed by atoms with Gasteiger partial charge in [0.1, 0.15) is 11.4 Å². The molecule has 2 heterocycles. The van der Waals surface area contributed by atoms with Crippen LogP contribution in [0, 0.1) is 23.2 Å². The number of fused-ring (bicyclic) bond motifs is 3. The molecule has 0 fully saturated rings. The monoisotopic (exact) mass is 404 g/mol. The number of nitrogens with zero attached hydrogens (tertiary/aromatic N) is 3. The topological polar surface area (TPSA) is 87.8 Å². The van der Waals surface area contributed by atoms with Gasteiger partial charge in [0.05, 0.1) is 17.2 Å². The Bertz CT molecular complexity index is 955. The number of nitrogens with one attached hydrogen (secondary N) is 1. The van der Waals surface area contributed by atoms with E-state index in [1.165, 1.54) is 22.2 Å². The summed E-state index contributed by atoms with van der Waals surface area (Å²) in [5, 5.41) is 12.5. The summed E-state index contributed by atoms with van der Waals surface area (Å²) in [5.74, 6) is 0.843. The van der Waals surface area contributed by atoms with Gasteiger partial charge in [0, 0.05) is 11.4 Å². The lowest BCUT2D eigenvalue weighted by molar-refractivity contribution is -0.118. The molecule has 0 saturated carbocycles. The molecule has 8 heteroatoms. The zero-order valence-corrected chi connectivity index (χ0v) is 17.5. The molecule has 1 N–H and O–H groups in total. The lowest BCUT2D eigenvalue weighted by atomic mass is 9.89. The predicted molar refractivity (Wildman–Crippen MR) is 109 cm³/mol. The largest absolute Gasteiger partial charge is 0.342 e. The Labute approximate surface area is 167 Å². The first-order valence-electron chi connectivity index (χ1n) is 9.22. The maximum atomic E-state index is 13.3. The number of aromatic nitrogens is 2. The second kappa shape index (κ2) is 8.44. The summed E-state index contributed by atoms with van der Waals surface area (Å²) in [6.45, 7) is 6.94. The van der Waals surface area contributed by atoms with Gasteiger partial charge in [0.2, 0.25) is 5.91 Å². The second-order valence-corrected chi connectivity index (χ2v) is 9.49. The van der Waals surface area contributed by atoms with E-state index in [0.29, 0.717) is 23.5 Å². The average Bonchev–Trinajstić information content (AvgIpc) is 2.97. The molecule has 1 atom stereocenters. The Kier molecular flexibility index (Phi) is 6.22. The minimum atomic E-state index is -0.230. The summed E-state index contributed by atoms with van der Waals surface area (Å²) in [6, 6.07) is 1.89. The Morgan fingerprint density at radius 2 is 2.30 bits per heavy atom. The fraction of sp³-hybridized carbons (Fsp3) is 0.579. The van der Waals surface area contributed by atoms with Gasteiger partial charge in [-0.25, -0.2) is 4.98 Å². The summed E-state index contributed by atoms with van der Waals surface area (Å²) in [7, 11) is 0. The molecule has 0 radical (unpaired) electrons. The van der Waals surface area contributed by atoms with Gasteiger partial charge in [-0.1, -0.05) is 32.5 Å². The minimum absolute atomic E-state index is 0.0134. The van der Waals surface area contributed by atoms with Crippen LogP contribution in [0.1, 0.15) is 37.6 Å². The zero-order chi connectivity index (χ0) is 19.6. The van der Waals surface area contributed by atoms with E-state index >= 15 is 0 Å². The zero-order valence-electron chi connectivity index (χ0n) is 15.9. The van der Waals surface area contributed by atoms with Crippen molar-refractivity contribution in [1.29, 1.82) is 5.26 Å². The third kappa shape index (κ3) is 4.36. The molecule has 27 heavy (non-hydrogen) atoms. The Morgan fingerprint density at radius 1 is 1.52 bits per heavy atom. The van der Waals surface area contributed by atoms with Crippen molar-refractivity contribution in [2.45, 2.75) is 51.7 Å². The van der Waals surface area contributed by atoms with Crippen molar-refractivity contribution < 1.29 is 4.79 Å². The van der Waals surface area contributed by atoms with Crippen LogP contribution in [0.25, 0.3) is 10.2 Å². The molecular formula is C19H24N4O2S2. The number of hydrogen-bond donors (Lipinski definition) is 1. The maximum Gasteiger partial charge on any atom is 0.263 e. The van der Waals surface area contributed by atoms with Crippen LogP contribution in [0.2, 0.25) is 0 Å². The number of amides is 1. The smallest absolute Gasteiger partial charge is 0.263 e. The summed E-state index contributed by atoms with van der Waals surface area (Å²) < 4.78 is 1.72. The highest BCUT2D eigenvalue weighted by Crippen LogP contribution is 2.36. The molecular weight excluding hydrogens is 380 g/mol. The third-order valence-corrected chi connectivity index (χ3v) is 6.75. The Hall–Kier alpha value is -1.85. The molecule has 1 unspecified atom stereocenters. The molecule has 0 saturated heterocycles. The van der Waals surface area contributed by atoms with Crippen molar-refractivity contribution in [2.24, 2.45) is 11.8 Å². The van der Waals surface area contributed by atoms with E-state index in [2.05, 4.69) is 26.1 Å². The number of thiophene rings is 1. The van der Waals surface area contributed by atoms with Crippen molar-refractivity contribution in [3.05, 3.63) is 20.8 Å². The van der Waals surface area contributed by atoms with Crippen molar-refractivity contribution >= 4 is 39.2 Å². The molecule has 1 aliphatic rings. The van der Waals surface area contributed by atoms with Crippen LogP contribution in [0.4, 0.5) is 0 Å². The minimum Gasteiger partial charge on any atom is -0.342 e. The highest BCUT2D eigenvalue weighted by Gasteiger charge is 2.25. The third-order valence-electron chi connectivity index (χ3n) is 4.62. The molecule has 0 aliphatic heterocycles. The summed E-state index contributed by atoms with van der Waals surface area (Å²) >= 11 is 2.89. The van der Waals surface area contributed by atoms with Gasteiger partial charge in [0.15, 0.2) is 5.16 Å². The van der Waals surface area contributed by atoms with Gasteiger partial charge >= 0.3 is 0 Å². The first-order valence-corrected chi connectivity index (χ1v) is 11.0. The summed E-state index contributed by atoms with van der Waals surface area (Å²) in [4.78, 5) is 32.0. The Morgan fingerprint density at radius 3 is 3.00 bits per heavy atom. The van der Waals surface area contributed by atoms with Crippen molar-refractivity contribution in [3.8, 4) is 6.07 Å². The second-order valence-electron chi connectivity index (χ2n) is 7.46. The molecule has 1 aliphatic carbocycles. The lowest BCUT2D eigenvalue weighted by Gasteiger charge is -2.18. The standard InChI is InChI=1S/C19H24N4O2S2/c1-11(2)9-23-18(25)16-13-5-4-12(3)8-14(13)27-17(16)22-19(23)26-10-15(24)21-7-6-20/h11-12H,4-5,7-10H2,1-3H3,(H,21,24). The van der Waals surface area contributed by atoms with E-state index < -0.39 is 0 Å². The SMILES string of the molecule is CC(C)Cn1c(SCC(=O)NCC#N)nc2sc3c(c2c1=O)CCC(C)C3. The van der Waals surface area contributed by atoms with E-state index in [-0.39, 0.29) is 23.8 Å². The van der Waals surface area contributed by atoms with Crippen LogP contribution in [0.5, 0.6) is 0 Å². The first kappa shape index (κ1) is 19.9. The van der Waals surface area contributed by atoms with Crippen LogP contribution in [0.3, 0.4) is 0 Å². The van der Waals surface area contributed by atoms with E-state index in [4.69, 9.17) is 10.2 Å². The predicted octanol–water partition coefficient (Wildman–Crippen LogP) is 2.97. The van der Waals surface area contributed by atoms with Gasteiger partial charge in [-0.15, -0.1) is 11.3 Å². The van der Waals surface area contributed by atoms with Crippen molar-refractivity contribution in [3.63, 3.8) is 0 Å². The molecule has 0 bridgehead atoms. The number of hydrogen-bond acceptors (Lipinski definition) is 6. The van der Waals surface area contributed by atoms with Crippen LogP contribution in [-0.2, 0) is 24.2 Å². The average molecular weight is 405 g/mol. The molecule has 2 aromatic rings. The van der Waals surface area contributed by atoms with Gasteiger partial charge < -0.3 is 5.32 Å². The quantitative estimate of drug-likeness (QED) is 0.454. The molecule has 0 spiro atoms. The number of rotatable bonds is 6. The fourth-order valence-corrected chi connectivity index (χ4v) is 5.62. The van der Waals surface area contributed by atoms with Crippen LogP contribution in [-0.4, -0.2) is 27.8 Å². The molecule has 2 aromatic heterocycles. The van der Waals surface area contributed by atoms with Crippen LogP contribution >= 0.6 is 23.1 Å². The number of carbonyl (C=O) groups is 1. The lowest BCUT2D eigenvalue weighted by Crippen LogP contribution is -2.28. The highest BCUT2D eigenvalue weighted by atomic mass is 32.2. The van der Waals surface area contributed by atoms with Crippen LogP contribution < -0.4 is 10.9 Å². The number of carbonyl (C=O) groups excluding carboxylic acids is 1. The number of nitriles is 1. The fourth-order valence-electron chi connectivity index (χ4n) is 3.36. The normalized spacial score (nSPS) is 16.3. The number of aryl methyl sites for hydroxylation is 1. The van der Waals surface area contributed by atoms with Gasteiger partial charge in [-0.2, -0.15) is 5.26 Å². The van der Waals surface area contributed by atoms with Gasteiger partial charge in [-0.3, -0.25) is 14.2 Å². The van der Waals surface area contributed by atoms with E-state index in [9.17, 15) is 9.59 Å². The van der Waals surface area contributed by atoms with Gasteiger partial charge in [0.25, 0.3) is 5.56 Å². The van der Waals surface area contributed by atoms with E-state index in [1.807, 2.05) is 6.07 Å². The van der Waals surface area contributed by atoms with E-state index in [1.54, 1.807) is 15.9 Å². The Balaban J connectivity index is 2.00. The summed E-state index contributed by atoms with van der Waals surface area (Å²) in [5.41, 5.74) is 1.20. The molecule has 3 rings (SSSR count). The summed E-state index contributed by atoms with van der Waals surface area (Å²) in [6.07, 6.45) is 3.06. The molecule has 6 nitrogen and oxygen atoms in total. The first-order chi connectivity index (χ1) is 12.9. The number of thioether (sulfide) groups is 1.